The van der Waals surface area contributed by atoms with Crippen LogP contribution in [0.4, 0.5) is 5.69 Å². The Kier molecular flexibility index (Phi) is 6.13. The number of carbonyl (C=O) groups excluding carboxylic acids is 1. The van der Waals surface area contributed by atoms with Crippen molar-refractivity contribution in [3.8, 4) is 11.5 Å². The number of non-ortho nitro benzene ring substituents is 1. The van der Waals surface area contributed by atoms with Gasteiger partial charge in [-0.2, -0.15) is 0 Å². The van der Waals surface area contributed by atoms with Gasteiger partial charge >= 0.3 is 5.97 Å². The lowest BCUT2D eigenvalue weighted by atomic mass is 10.2. The fourth-order valence-electron chi connectivity index (χ4n) is 1.80. The van der Waals surface area contributed by atoms with Gasteiger partial charge < -0.3 is 14.2 Å². The van der Waals surface area contributed by atoms with Gasteiger partial charge in [-0.25, -0.2) is 4.79 Å². The van der Waals surface area contributed by atoms with E-state index < -0.39 is 10.9 Å². The monoisotopic (exact) mass is 331 g/mol. The molecule has 0 radical (unpaired) electrons. The highest BCUT2D eigenvalue weighted by Gasteiger charge is 2.07. The Balaban J connectivity index is 1.64. The van der Waals surface area contributed by atoms with Gasteiger partial charge in [-0.15, -0.1) is 0 Å². The maximum atomic E-state index is 11.5. The van der Waals surface area contributed by atoms with Crippen molar-refractivity contribution in [1.82, 2.24) is 0 Å². The summed E-state index contributed by atoms with van der Waals surface area (Å²) in [5.74, 6) is 0.521. The highest BCUT2D eigenvalue weighted by atomic mass is 16.6. The molecule has 7 nitrogen and oxygen atoms in total. The maximum absolute atomic E-state index is 11.5. The van der Waals surface area contributed by atoms with Gasteiger partial charge in [0.2, 0.25) is 0 Å². The number of benzene rings is 2. The molecule has 0 amide bonds. The number of esters is 1. The normalized spacial score (nSPS) is 10.0. The van der Waals surface area contributed by atoms with Gasteiger partial charge in [-0.1, -0.05) is 17.7 Å². The van der Waals surface area contributed by atoms with E-state index >= 15 is 0 Å². The Morgan fingerprint density at radius 3 is 2.17 bits per heavy atom. The number of nitrogens with zero attached hydrogens (tertiary/aromatic N) is 1. The third-order valence-corrected chi connectivity index (χ3v) is 3.04. The molecule has 0 aliphatic carbocycles. The second-order valence-electron chi connectivity index (χ2n) is 4.92. The third-order valence-electron chi connectivity index (χ3n) is 3.04. The fourth-order valence-corrected chi connectivity index (χ4v) is 1.80. The van der Waals surface area contributed by atoms with Gasteiger partial charge in [0.05, 0.1) is 4.92 Å². The van der Waals surface area contributed by atoms with E-state index in [-0.39, 0.29) is 25.5 Å². The van der Waals surface area contributed by atoms with E-state index in [1.165, 1.54) is 24.3 Å². The summed E-state index contributed by atoms with van der Waals surface area (Å²) in [4.78, 5) is 21.6. The number of aryl methyl sites for hydroxylation is 1. The first-order valence-electron chi connectivity index (χ1n) is 7.27. The van der Waals surface area contributed by atoms with Crippen molar-refractivity contribution in [3.63, 3.8) is 0 Å². The topological polar surface area (TPSA) is 87.9 Å². The van der Waals surface area contributed by atoms with Crippen molar-refractivity contribution in [3.05, 3.63) is 64.2 Å². The molecule has 0 aliphatic heterocycles. The van der Waals surface area contributed by atoms with E-state index in [4.69, 9.17) is 14.2 Å². The van der Waals surface area contributed by atoms with Crippen LogP contribution in [0.1, 0.15) is 5.56 Å². The Morgan fingerprint density at radius 2 is 1.54 bits per heavy atom. The summed E-state index contributed by atoms with van der Waals surface area (Å²) in [7, 11) is 0. The molecule has 0 aliphatic rings. The minimum atomic E-state index is -0.541. The lowest BCUT2D eigenvalue weighted by Gasteiger charge is -2.08. The number of carbonyl (C=O) groups is 1. The van der Waals surface area contributed by atoms with Crippen molar-refractivity contribution in [1.29, 1.82) is 0 Å². The fraction of sp³-hybridized carbons (Fsp3) is 0.235. The van der Waals surface area contributed by atoms with E-state index in [9.17, 15) is 14.9 Å². The number of rotatable bonds is 8. The largest absolute Gasteiger partial charge is 0.490 e. The van der Waals surface area contributed by atoms with E-state index in [0.717, 1.165) is 5.56 Å². The molecule has 0 fully saturated rings. The van der Waals surface area contributed by atoms with Crippen molar-refractivity contribution in [2.45, 2.75) is 6.92 Å². The van der Waals surface area contributed by atoms with Crippen LogP contribution in [0, 0.1) is 17.0 Å². The van der Waals surface area contributed by atoms with E-state index in [0.29, 0.717) is 11.5 Å². The van der Waals surface area contributed by atoms with Gasteiger partial charge in [0.1, 0.15) is 24.7 Å². The molecular formula is C17H17NO6. The zero-order valence-electron chi connectivity index (χ0n) is 13.1. The summed E-state index contributed by atoms with van der Waals surface area (Å²) >= 11 is 0. The van der Waals surface area contributed by atoms with Crippen LogP contribution >= 0.6 is 0 Å². The Hall–Kier alpha value is -3.09. The lowest BCUT2D eigenvalue weighted by Crippen LogP contribution is -2.18. The number of nitro benzene ring substituents is 1. The predicted octanol–water partition coefficient (Wildman–Crippen LogP) is 2.90. The SMILES string of the molecule is Cc1ccc(OCCOC(=O)COc2ccc([N+](=O)[O-])cc2)cc1. The van der Waals surface area contributed by atoms with Gasteiger partial charge in [0, 0.05) is 12.1 Å². The number of ether oxygens (including phenoxy) is 3. The van der Waals surface area contributed by atoms with Gasteiger partial charge in [-0.3, -0.25) is 10.1 Å². The smallest absolute Gasteiger partial charge is 0.344 e. The zero-order chi connectivity index (χ0) is 17.4. The molecule has 126 valence electrons. The van der Waals surface area contributed by atoms with Crippen molar-refractivity contribution >= 4 is 11.7 Å². The molecule has 0 saturated carbocycles. The van der Waals surface area contributed by atoms with Crippen LogP contribution in [0.5, 0.6) is 11.5 Å². The molecule has 0 N–H and O–H groups in total. The summed E-state index contributed by atoms with van der Waals surface area (Å²) in [5.41, 5.74) is 1.09. The predicted molar refractivity (Wildman–Crippen MR) is 86.2 cm³/mol. The second kappa shape index (κ2) is 8.52. The van der Waals surface area contributed by atoms with Gasteiger partial charge in [0.25, 0.3) is 5.69 Å². The quantitative estimate of drug-likeness (QED) is 0.320. The molecule has 0 atom stereocenters. The summed E-state index contributed by atoms with van der Waals surface area (Å²) in [6.07, 6.45) is 0. The Bertz CT molecular complexity index is 681. The summed E-state index contributed by atoms with van der Waals surface area (Å²) in [6, 6.07) is 13.0. The number of nitro groups is 1. The first-order valence-corrected chi connectivity index (χ1v) is 7.27. The molecule has 0 spiro atoms. The van der Waals surface area contributed by atoms with E-state index in [1.807, 2.05) is 31.2 Å². The molecule has 0 bridgehead atoms. The summed E-state index contributed by atoms with van der Waals surface area (Å²) in [6.45, 7) is 2.06. The van der Waals surface area contributed by atoms with Crippen LogP contribution in [0.3, 0.4) is 0 Å². The van der Waals surface area contributed by atoms with Gasteiger partial charge in [-0.05, 0) is 31.2 Å². The van der Waals surface area contributed by atoms with Crippen LogP contribution in [-0.2, 0) is 9.53 Å². The molecule has 2 aromatic carbocycles. The van der Waals surface area contributed by atoms with Crippen LogP contribution in [0.25, 0.3) is 0 Å². The zero-order valence-corrected chi connectivity index (χ0v) is 13.1. The minimum absolute atomic E-state index is 0.0434. The van der Waals surface area contributed by atoms with E-state index in [2.05, 4.69) is 0 Å². The third kappa shape index (κ3) is 5.60. The molecular weight excluding hydrogens is 314 g/mol. The molecule has 0 heterocycles. The first-order chi connectivity index (χ1) is 11.5. The average molecular weight is 331 g/mol. The molecule has 0 saturated heterocycles. The molecule has 0 unspecified atom stereocenters. The Labute approximate surface area is 138 Å². The maximum Gasteiger partial charge on any atom is 0.344 e. The van der Waals surface area contributed by atoms with Crippen LogP contribution in [0.15, 0.2) is 48.5 Å². The van der Waals surface area contributed by atoms with Crippen molar-refractivity contribution in [2.24, 2.45) is 0 Å². The van der Waals surface area contributed by atoms with E-state index in [1.54, 1.807) is 0 Å². The van der Waals surface area contributed by atoms with Gasteiger partial charge in [0.15, 0.2) is 6.61 Å². The first kappa shape index (κ1) is 17.3. The molecule has 2 aromatic rings. The highest BCUT2D eigenvalue weighted by molar-refractivity contribution is 5.71. The Morgan fingerprint density at radius 1 is 0.958 bits per heavy atom. The molecule has 2 rings (SSSR count). The highest BCUT2D eigenvalue weighted by Crippen LogP contribution is 2.17. The van der Waals surface area contributed by atoms with Crippen LogP contribution in [0.2, 0.25) is 0 Å². The molecule has 0 aromatic heterocycles. The standard InChI is InChI=1S/C17H17NO6/c1-13-2-6-15(7-3-13)22-10-11-23-17(19)12-24-16-8-4-14(5-9-16)18(20)21/h2-9H,10-12H2,1H3. The van der Waals surface area contributed by atoms with Crippen LogP contribution in [-0.4, -0.2) is 30.7 Å². The van der Waals surface area contributed by atoms with Crippen molar-refractivity contribution in [2.75, 3.05) is 19.8 Å². The number of hydrogen-bond acceptors (Lipinski definition) is 6. The average Bonchev–Trinajstić information content (AvgIpc) is 2.59. The summed E-state index contributed by atoms with van der Waals surface area (Å²) < 4.78 is 15.6. The van der Waals surface area contributed by atoms with Crippen molar-refractivity contribution < 1.29 is 23.9 Å². The number of hydrogen-bond donors (Lipinski definition) is 0. The molecule has 7 heteroatoms. The minimum Gasteiger partial charge on any atom is -0.490 e. The lowest BCUT2D eigenvalue weighted by molar-refractivity contribution is -0.384. The summed E-state index contributed by atoms with van der Waals surface area (Å²) in [5, 5.41) is 10.5. The second-order valence-corrected chi connectivity index (χ2v) is 4.92. The van der Waals surface area contributed by atoms with Crippen LogP contribution < -0.4 is 9.47 Å². The molecule has 24 heavy (non-hydrogen) atoms.